The molecule has 1 heterocycles. The molecule has 1 amide bonds. The van der Waals surface area contributed by atoms with Crippen molar-refractivity contribution in [1.82, 2.24) is 10.6 Å². The number of rotatable bonds is 4. The molecule has 0 saturated carbocycles. The Labute approximate surface area is 117 Å². The number of hydrogen-bond acceptors (Lipinski definition) is 3. The van der Waals surface area contributed by atoms with Crippen LogP contribution in [-0.2, 0) is 4.74 Å². The topological polar surface area (TPSA) is 50.4 Å². The van der Waals surface area contributed by atoms with Gasteiger partial charge in [-0.05, 0) is 65.5 Å². The Hall–Kier alpha value is -0.480. The Bertz CT molecular complexity index is 236. The summed E-state index contributed by atoms with van der Waals surface area (Å²) in [6.45, 7) is 8.64. The summed E-state index contributed by atoms with van der Waals surface area (Å²) in [5, 5.41) is 6.16. The molecule has 0 aromatic carbocycles. The molecule has 0 atom stereocenters. The second-order valence-corrected chi connectivity index (χ2v) is 5.76. The fraction of sp³-hybridized carbons (Fsp3) is 0.923. The molecule has 108 valence electrons. The summed E-state index contributed by atoms with van der Waals surface area (Å²) < 4.78 is 5.17. The van der Waals surface area contributed by atoms with Crippen molar-refractivity contribution in [2.24, 2.45) is 5.92 Å². The normalized spacial score (nSPS) is 16.8. The lowest BCUT2D eigenvalue weighted by Gasteiger charge is -2.23. The highest BCUT2D eigenvalue weighted by Crippen LogP contribution is 2.17. The number of hydrogen-bond donors (Lipinski definition) is 2. The fourth-order valence-electron chi connectivity index (χ4n) is 2.07. The van der Waals surface area contributed by atoms with Crippen molar-refractivity contribution >= 4 is 18.5 Å². The van der Waals surface area contributed by atoms with Gasteiger partial charge in [-0.1, -0.05) is 0 Å². The standard InChI is InChI=1S/C13H26N2O2.ClH/c1-13(2,3)17-12(16)15-8-4-5-11-6-9-14-10-7-11;/h11,14H,4-10H2,1-3H3,(H,15,16);1H. The lowest BCUT2D eigenvalue weighted by Crippen LogP contribution is -2.33. The van der Waals surface area contributed by atoms with E-state index in [2.05, 4.69) is 10.6 Å². The molecule has 1 rings (SSSR count). The van der Waals surface area contributed by atoms with Gasteiger partial charge < -0.3 is 15.4 Å². The third-order valence-corrected chi connectivity index (χ3v) is 2.92. The van der Waals surface area contributed by atoms with Crippen LogP contribution in [-0.4, -0.2) is 31.3 Å². The van der Waals surface area contributed by atoms with Gasteiger partial charge in [-0.2, -0.15) is 0 Å². The first kappa shape index (κ1) is 17.5. The van der Waals surface area contributed by atoms with Crippen LogP contribution in [0.4, 0.5) is 4.79 Å². The van der Waals surface area contributed by atoms with Crippen molar-refractivity contribution < 1.29 is 9.53 Å². The van der Waals surface area contributed by atoms with Gasteiger partial charge in [-0.3, -0.25) is 0 Å². The Kier molecular flexibility index (Phi) is 8.36. The Morgan fingerprint density at radius 2 is 1.94 bits per heavy atom. The van der Waals surface area contributed by atoms with Crippen molar-refractivity contribution in [2.45, 2.75) is 52.1 Å². The highest BCUT2D eigenvalue weighted by atomic mass is 35.5. The van der Waals surface area contributed by atoms with Gasteiger partial charge >= 0.3 is 6.09 Å². The van der Waals surface area contributed by atoms with Crippen molar-refractivity contribution in [2.75, 3.05) is 19.6 Å². The van der Waals surface area contributed by atoms with Crippen molar-refractivity contribution in [3.05, 3.63) is 0 Å². The molecule has 1 aliphatic heterocycles. The first-order valence-corrected chi connectivity index (χ1v) is 6.65. The van der Waals surface area contributed by atoms with E-state index in [4.69, 9.17) is 4.74 Å². The molecule has 5 heteroatoms. The molecule has 2 N–H and O–H groups in total. The molecule has 0 aliphatic carbocycles. The van der Waals surface area contributed by atoms with E-state index < -0.39 is 5.60 Å². The molecule has 0 unspecified atom stereocenters. The van der Waals surface area contributed by atoms with Crippen LogP contribution in [0.15, 0.2) is 0 Å². The predicted molar refractivity (Wildman–Crippen MR) is 76.3 cm³/mol. The number of alkyl carbamates (subject to hydrolysis) is 1. The molecular weight excluding hydrogens is 252 g/mol. The maximum Gasteiger partial charge on any atom is 0.407 e. The molecule has 4 nitrogen and oxygen atoms in total. The minimum atomic E-state index is -0.404. The lowest BCUT2D eigenvalue weighted by molar-refractivity contribution is 0.0526. The van der Waals surface area contributed by atoms with E-state index in [1.54, 1.807) is 0 Å². The van der Waals surface area contributed by atoms with Crippen LogP contribution in [0.2, 0.25) is 0 Å². The van der Waals surface area contributed by atoms with Gasteiger partial charge in [0.2, 0.25) is 0 Å². The van der Waals surface area contributed by atoms with Crippen LogP contribution in [0.1, 0.15) is 46.5 Å². The zero-order chi connectivity index (χ0) is 12.7. The maximum atomic E-state index is 11.4. The minimum Gasteiger partial charge on any atom is -0.444 e. The number of nitrogens with one attached hydrogen (secondary N) is 2. The van der Waals surface area contributed by atoms with Crippen LogP contribution >= 0.6 is 12.4 Å². The van der Waals surface area contributed by atoms with Crippen LogP contribution in [0, 0.1) is 5.92 Å². The predicted octanol–water partition coefficient (Wildman–Crippen LogP) is 2.71. The van der Waals surface area contributed by atoms with Crippen molar-refractivity contribution in [3.8, 4) is 0 Å². The Morgan fingerprint density at radius 3 is 2.50 bits per heavy atom. The van der Waals surface area contributed by atoms with Crippen molar-refractivity contribution in [3.63, 3.8) is 0 Å². The lowest BCUT2D eigenvalue weighted by atomic mass is 9.93. The zero-order valence-electron chi connectivity index (χ0n) is 11.8. The number of halogens is 1. The summed E-state index contributed by atoms with van der Waals surface area (Å²) in [5.41, 5.74) is -0.404. The Morgan fingerprint density at radius 1 is 1.33 bits per heavy atom. The maximum absolute atomic E-state index is 11.4. The molecule has 0 aromatic rings. The monoisotopic (exact) mass is 278 g/mol. The summed E-state index contributed by atoms with van der Waals surface area (Å²) in [5.74, 6) is 0.830. The van der Waals surface area contributed by atoms with Gasteiger partial charge in [0.05, 0.1) is 0 Å². The largest absolute Gasteiger partial charge is 0.444 e. The highest BCUT2D eigenvalue weighted by molar-refractivity contribution is 5.85. The van der Waals surface area contributed by atoms with Gasteiger partial charge in [0.25, 0.3) is 0 Å². The highest BCUT2D eigenvalue weighted by Gasteiger charge is 2.16. The van der Waals surface area contributed by atoms with E-state index in [0.717, 1.165) is 32.0 Å². The van der Waals surface area contributed by atoms with Crippen LogP contribution in [0.3, 0.4) is 0 Å². The summed E-state index contributed by atoms with van der Waals surface area (Å²) in [6.07, 6.45) is 4.49. The molecular formula is C13H27ClN2O2. The first-order chi connectivity index (χ1) is 7.97. The Balaban J connectivity index is 0.00000289. The number of amides is 1. The van der Waals surface area contributed by atoms with Gasteiger partial charge in [0.1, 0.15) is 5.60 Å². The molecule has 0 spiro atoms. The fourth-order valence-corrected chi connectivity index (χ4v) is 2.07. The molecule has 0 radical (unpaired) electrons. The molecule has 1 saturated heterocycles. The summed E-state index contributed by atoms with van der Waals surface area (Å²) in [6, 6.07) is 0. The van der Waals surface area contributed by atoms with Gasteiger partial charge in [-0.25, -0.2) is 4.79 Å². The molecule has 0 aromatic heterocycles. The average Bonchev–Trinajstić information content (AvgIpc) is 2.23. The third kappa shape index (κ3) is 8.59. The number of ether oxygens (including phenoxy) is 1. The second-order valence-electron chi connectivity index (χ2n) is 5.76. The average molecular weight is 279 g/mol. The summed E-state index contributed by atoms with van der Waals surface area (Å²) in [7, 11) is 0. The van der Waals surface area contributed by atoms with Gasteiger partial charge in [0, 0.05) is 6.54 Å². The van der Waals surface area contributed by atoms with E-state index in [1.807, 2.05) is 20.8 Å². The molecule has 1 fully saturated rings. The first-order valence-electron chi connectivity index (χ1n) is 6.65. The van der Waals surface area contributed by atoms with Gasteiger partial charge in [0.15, 0.2) is 0 Å². The van der Waals surface area contributed by atoms with E-state index >= 15 is 0 Å². The quantitative estimate of drug-likeness (QED) is 0.778. The van der Waals surface area contributed by atoms with E-state index in [9.17, 15) is 4.79 Å². The van der Waals surface area contributed by atoms with E-state index in [0.29, 0.717) is 0 Å². The smallest absolute Gasteiger partial charge is 0.407 e. The van der Waals surface area contributed by atoms with E-state index in [-0.39, 0.29) is 18.5 Å². The minimum absolute atomic E-state index is 0. The number of carbonyl (C=O) groups is 1. The van der Waals surface area contributed by atoms with Gasteiger partial charge in [-0.15, -0.1) is 12.4 Å². The summed E-state index contributed by atoms with van der Waals surface area (Å²) >= 11 is 0. The van der Waals surface area contributed by atoms with Crippen LogP contribution in [0.5, 0.6) is 0 Å². The third-order valence-electron chi connectivity index (χ3n) is 2.92. The molecule has 1 aliphatic rings. The SMILES string of the molecule is CC(C)(C)OC(=O)NCCCC1CCNCC1.Cl. The molecule has 0 bridgehead atoms. The van der Waals surface area contributed by atoms with Crippen LogP contribution in [0.25, 0.3) is 0 Å². The van der Waals surface area contributed by atoms with Crippen LogP contribution < -0.4 is 10.6 Å². The number of piperidine rings is 1. The second kappa shape index (κ2) is 8.59. The zero-order valence-corrected chi connectivity index (χ0v) is 12.6. The van der Waals surface area contributed by atoms with E-state index in [1.165, 1.54) is 19.3 Å². The van der Waals surface area contributed by atoms with Crippen molar-refractivity contribution in [1.29, 1.82) is 0 Å². The summed E-state index contributed by atoms with van der Waals surface area (Å²) in [4.78, 5) is 11.4. The number of carbonyl (C=O) groups excluding carboxylic acids is 1. The molecule has 18 heavy (non-hydrogen) atoms.